The molecule has 7 heteroatoms. The van der Waals surface area contributed by atoms with E-state index in [0.717, 1.165) is 12.8 Å². The van der Waals surface area contributed by atoms with Crippen LogP contribution in [0, 0.1) is 5.82 Å². The number of carbonyl (C=O) groups is 1. The number of amides is 1. The second-order valence-corrected chi connectivity index (χ2v) is 8.22. The molecule has 0 radical (unpaired) electrons. The molecule has 0 spiro atoms. The van der Waals surface area contributed by atoms with Gasteiger partial charge in [-0.3, -0.25) is 4.79 Å². The van der Waals surface area contributed by atoms with Crippen LogP contribution in [0.2, 0.25) is 0 Å². The smallest absolute Gasteiger partial charge is 0.399 e. The molecule has 1 N–H and O–H groups in total. The Bertz CT molecular complexity index is 671. The molecule has 0 bridgehead atoms. The zero-order chi connectivity index (χ0) is 19.1. The van der Waals surface area contributed by atoms with Crippen LogP contribution in [-0.4, -0.2) is 55.3 Å². The van der Waals surface area contributed by atoms with Crippen LogP contribution < -0.4 is 10.8 Å². The molecule has 5 nitrogen and oxygen atoms in total. The largest absolute Gasteiger partial charge is 0.494 e. The van der Waals surface area contributed by atoms with E-state index < -0.39 is 24.1 Å². The number of rotatable bonds is 3. The molecule has 0 atom stereocenters. The van der Waals surface area contributed by atoms with Crippen molar-refractivity contribution >= 4 is 18.5 Å². The van der Waals surface area contributed by atoms with E-state index in [-0.39, 0.29) is 5.91 Å². The summed E-state index contributed by atoms with van der Waals surface area (Å²) in [5.74, 6) is -0.595. The SMILES string of the molecule is CNC1CCN(C(=O)c2cc(F)cc(B3OC(C)(C)C(C)(C)O3)c2)CC1. The normalized spacial score (nSPS) is 22.7. The Hall–Kier alpha value is -1.44. The zero-order valence-corrected chi connectivity index (χ0v) is 16.3. The van der Waals surface area contributed by atoms with Crippen molar-refractivity contribution in [1.82, 2.24) is 10.2 Å². The topological polar surface area (TPSA) is 50.8 Å². The van der Waals surface area contributed by atoms with Crippen molar-refractivity contribution in [2.75, 3.05) is 20.1 Å². The molecule has 1 aromatic carbocycles. The van der Waals surface area contributed by atoms with E-state index in [9.17, 15) is 9.18 Å². The minimum absolute atomic E-state index is 0.142. The molecular formula is C19H28BFN2O3. The fourth-order valence-electron chi connectivity index (χ4n) is 3.40. The molecule has 26 heavy (non-hydrogen) atoms. The van der Waals surface area contributed by atoms with E-state index in [1.165, 1.54) is 12.1 Å². The Balaban J connectivity index is 1.79. The third kappa shape index (κ3) is 3.66. The van der Waals surface area contributed by atoms with E-state index in [2.05, 4.69) is 5.32 Å². The van der Waals surface area contributed by atoms with Gasteiger partial charge in [-0.1, -0.05) is 0 Å². The molecule has 0 aliphatic carbocycles. The Morgan fingerprint density at radius 2 is 1.73 bits per heavy atom. The highest BCUT2D eigenvalue weighted by Crippen LogP contribution is 2.36. The molecule has 0 aromatic heterocycles. The van der Waals surface area contributed by atoms with Gasteiger partial charge in [-0.25, -0.2) is 4.39 Å². The summed E-state index contributed by atoms with van der Waals surface area (Å²) in [6.07, 6.45) is 1.81. The first-order valence-corrected chi connectivity index (χ1v) is 9.25. The monoisotopic (exact) mass is 362 g/mol. The number of likely N-dealkylation sites (tertiary alicyclic amines) is 1. The number of hydrogen-bond acceptors (Lipinski definition) is 4. The highest BCUT2D eigenvalue weighted by molar-refractivity contribution is 6.62. The number of carbonyl (C=O) groups excluding carboxylic acids is 1. The summed E-state index contributed by atoms with van der Waals surface area (Å²) in [4.78, 5) is 14.6. The maximum atomic E-state index is 14.2. The maximum absolute atomic E-state index is 14.2. The average molecular weight is 362 g/mol. The lowest BCUT2D eigenvalue weighted by Crippen LogP contribution is -2.44. The first-order valence-electron chi connectivity index (χ1n) is 9.25. The summed E-state index contributed by atoms with van der Waals surface area (Å²) in [5, 5.41) is 3.24. The average Bonchev–Trinajstić information content (AvgIpc) is 2.81. The van der Waals surface area contributed by atoms with Crippen LogP contribution in [0.25, 0.3) is 0 Å². The Morgan fingerprint density at radius 3 is 2.27 bits per heavy atom. The van der Waals surface area contributed by atoms with E-state index >= 15 is 0 Å². The van der Waals surface area contributed by atoms with Gasteiger partial charge in [-0.2, -0.15) is 0 Å². The molecule has 0 saturated carbocycles. The fourth-order valence-corrected chi connectivity index (χ4v) is 3.40. The first-order chi connectivity index (χ1) is 12.1. The van der Waals surface area contributed by atoms with Gasteiger partial charge >= 0.3 is 7.12 Å². The second kappa shape index (κ2) is 6.95. The van der Waals surface area contributed by atoms with Crippen molar-refractivity contribution in [3.63, 3.8) is 0 Å². The van der Waals surface area contributed by atoms with Crippen LogP contribution in [0.15, 0.2) is 18.2 Å². The Kier molecular flexibility index (Phi) is 5.16. The van der Waals surface area contributed by atoms with Crippen molar-refractivity contribution in [3.05, 3.63) is 29.6 Å². The van der Waals surface area contributed by atoms with Gasteiger partial charge in [0.2, 0.25) is 0 Å². The summed E-state index contributed by atoms with van der Waals surface area (Å²) < 4.78 is 26.2. The molecule has 2 aliphatic rings. The molecular weight excluding hydrogens is 334 g/mol. The Labute approximate surface area is 155 Å². The maximum Gasteiger partial charge on any atom is 0.494 e. The molecule has 2 aliphatic heterocycles. The predicted molar refractivity (Wildman–Crippen MR) is 100 cm³/mol. The highest BCUT2D eigenvalue weighted by atomic mass is 19.1. The lowest BCUT2D eigenvalue weighted by Gasteiger charge is -2.32. The van der Waals surface area contributed by atoms with Gasteiger partial charge in [-0.15, -0.1) is 0 Å². The minimum Gasteiger partial charge on any atom is -0.399 e. The van der Waals surface area contributed by atoms with Gasteiger partial charge < -0.3 is 19.5 Å². The van der Waals surface area contributed by atoms with Crippen LogP contribution in [0.5, 0.6) is 0 Å². The molecule has 2 heterocycles. The van der Waals surface area contributed by atoms with Crippen molar-refractivity contribution in [2.24, 2.45) is 0 Å². The molecule has 3 rings (SSSR count). The number of halogens is 1. The van der Waals surface area contributed by atoms with Gasteiger partial charge in [0, 0.05) is 24.7 Å². The van der Waals surface area contributed by atoms with E-state index in [0.29, 0.717) is 30.2 Å². The number of piperidine rings is 1. The fraction of sp³-hybridized carbons (Fsp3) is 0.632. The van der Waals surface area contributed by atoms with Crippen molar-refractivity contribution in [3.8, 4) is 0 Å². The second-order valence-electron chi connectivity index (χ2n) is 8.22. The molecule has 2 saturated heterocycles. The van der Waals surface area contributed by atoms with Crippen LogP contribution in [0.4, 0.5) is 4.39 Å². The summed E-state index contributed by atoms with van der Waals surface area (Å²) in [6, 6.07) is 4.80. The lowest BCUT2D eigenvalue weighted by atomic mass is 9.78. The molecule has 2 fully saturated rings. The van der Waals surface area contributed by atoms with Gasteiger partial charge in [-0.05, 0) is 71.2 Å². The van der Waals surface area contributed by atoms with E-state index in [1.54, 1.807) is 11.0 Å². The van der Waals surface area contributed by atoms with Crippen LogP contribution >= 0.6 is 0 Å². The molecule has 142 valence electrons. The van der Waals surface area contributed by atoms with E-state index in [1.807, 2.05) is 34.7 Å². The third-order valence-electron chi connectivity index (χ3n) is 5.88. The number of benzene rings is 1. The van der Waals surface area contributed by atoms with Gasteiger partial charge in [0.1, 0.15) is 5.82 Å². The number of hydrogen-bond donors (Lipinski definition) is 1. The van der Waals surface area contributed by atoms with Crippen molar-refractivity contribution in [2.45, 2.75) is 57.8 Å². The number of nitrogens with zero attached hydrogens (tertiary/aromatic N) is 1. The van der Waals surface area contributed by atoms with Crippen LogP contribution in [0.3, 0.4) is 0 Å². The quantitative estimate of drug-likeness (QED) is 0.836. The van der Waals surface area contributed by atoms with Crippen molar-refractivity contribution in [1.29, 1.82) is 0 Å². The van der Waals surface area contributed by atoms with Gasteiger partial charge in [0.25, 0.3) is 5.91 Å². The van der Waals surface area contributed by atoms with Gasteiger partial charge in [0.05, 0.1) is 11.2 Å². The molecule has 1 aromatic rings. The number of nitrogens with one attached hydrogen (secondary N) is 1. The van der Waals surface area contributed by atoms with E-state index in [4.69, 9.17) is 9.31 Å². The van der Waals surface area contributed by atoms with Crippen LogP contribution in [0.1, 0.15) is 50.9 Å². The first kappa shape index (κ1) is 19.3. The molecule has 1 amide bonds. The standard InChI is InChI=1S/C19H28BFN2O3/c1-18(2)19(3,4)26-20(25-18)14-10-13(11-15(21)12-14)17(24)23-8-6-16(22-5)7-9-23/h10-12,16,22H,6-9H2,1-5H3. The lowest BCUT2D eigenvalue weighted by molar-refractivity contribution is 0.00578. The van der Waals surface area contributed by atoms with Crippen LogP contribution in [-0.2, 0) is 9.31 Å². The summed E-state index contributed by atoms with van der Waals surface area (Å²) >= 11 is 0. The summed E-state index contributed by atoms with van der Waals surface area (Å²) in [5.41, 5.74) is -0.137. The zero-order valence-electron chi connectivity index (χ0n) is 16.3. The summed E-state index contributed by atoms with van der Waals surface area (Å²) in [6.45, 7) is 9.14. The third-order valence-corrected chi connectivity index (χ3v) is 5.88. The van der Waals surface area contributed by atoms with Gasteiger partial charge in [0.15, 0.2) is 0 Å². The predicted octanol–water partition coefficient (Wildman–Crippen LogP) is 1.95. The molecule has 0 unspecified atom stereocenters. The van der Waals surface area contributed by atoms with Crippen molar-refractivity contribution < 1.29 is 18.5 Å². The minimum atomic E-state index is -0.683. The Morgan fingerprint density at radius 1 is 1.15 bits per heavy atom. The highest BCUT2D eigenvalue weighted by Gasteiger charge is 2.51. The summed E-state index contributed by atoms with van der Waals surface area (Å²) in [7, 11) is 1.25.